The second-order valence-electron chi connectivity index (χ2n) is 9.06. The van der Waals surface area contributed by atoms with Gasteiger partial charge in [0.2, 0.25) is 0 Å². The molecule has 2 aromatic rings. The Kier molecular flexibility index (Phi) is 4.87. The number of aliphatic hydroxyl groups excluding tert-OH is 1. The number of aliphatic hydroxyl groups is 1. The third-order valence-corrected chi connectivity index (χ3v) is 5.31. The predicted octanol–water partition coefficient (Wildman–Crippen LogP) is 5.92. The molecule has 0 bridgehead atoms. The van der Waals surface area contributed by atoms with E-state index < -0.39 is 6.10 Å². The highest BCUT2D eigenvalue weighted by Gasteiger charge is 2.45. The van der Waals surface area contributed by atoms with Gasteiger partial charge in [-0.15, -0.1) is 0 Å². The maximum atomic E-state index is 14.6. The van der Waals surface area contributed by atoms with Crippen molar-refractivity contribution in [3.05, 3.63) is 53.3 Å². The third-order valence-electron chi connectivity index (χ3n) is 5.31. The van der Waals surface area contributed by atoms with Crippen LogP contribution >= 0.6 is 0 Å². The van der Waals surface area contributed by atoms with Gasteiger partial charge < -0.3 is 9.84 Å². The fourth-order valence-corrected chi connectivity index (χ4v) is 3.49. The summed E-state index contributed by atoms with van der Waals surface area (Å²) in [7, 11) is 1.57. The van der Waals surface area contributed by atoms with Crippen molar-refractivity contribution in [1.29, 1.82) is 0 Å². The minimum atomic E-state index is -0.594. The van der Waals surface area contributed by atoms with Gasteiger partial charge in [0.1, 0.15) is 11.6 Å². The standard InChI is InChI=1S/C23H29FO2/c1-22(2,3)14-15-6-8-17(18-13-16(26-5)7-9-20(18)24)19(12-15)21(25)23(4)10-11-23/h6-9,12-13,21,25H,10-11,14H2,1-5H3/t21-/m0/s1. The van der Waals surface area contributed by atoms with Gasteiger partial charge in [0, 0.05) is 5.56 Å². The molecule has 0 aliphatic heterocycles. The zero-order valence-electron chi connectivity index (χ0n) is 16.4. The van der Waals surface area contributed by atoms with Gasteiger partial charge in [-0.3, -0.25) is 0 Å². The van der Waals surface area contributed by atoms with Gasteiger partial charge in [-0.2, -0.15) is 0 Å². The topological polar surface area (TPSA) is 29.5 Å². The molecular weight excluding hydrogens is 327 g/mol. The third kappa shape index (κ3) is 3.93. The molecule has 0 amide bonds. The average Bonchev–Trinajstić information content (AvgIpc) is 3.32. The molecule has 1 fully saturated rings. The summed E-state index contributed by atoms with van der Waals surface area (Å²) >= 11 is 0. The van der Waals surface area contributed by atoms with Gasteiger partial charge in [-0.05, 0) is 65.0 Å². The van der Waals surface area contributed by atoms with Gasteiger partial charge in [0.05, 0.1) is 13.2 Å². The molecule has 0 radical (unpaired) electrons. The molecule has 1 N–H and O–H groups in total. The molecule has 0 aromatic heterocycles. The predicted molar refractivity (Wildman–Crippen MR) is 104 cm³/mol. The van der Waals surface area contributed by atoms with Crippen LogP contribution in [0.1, 0.15) is 57.8 Å². The molecule has 1 atom stereocenters. The molecule has 0 saturated heterocycles. The van der Waals surface area contributed by atoms with E-state index >= 15 is 0 Å². The van der Waals surface area contributed by atoms with E-state index in [1.54, 1.807) is 19.2 Å². The number of ether oxygens (including phenoxy) is 1. The molecule has 1 aliphatic carbocycles. The van der Waals surface area contributed by atoms with Gasteiger partial charge in [-0.25, -0.2) is 4.39 Å². The number of benzene rings is 2. The lowest BCUT2D eigenvalue weighted by molar-refractivity contribution is 0.104. The Bertz CT molecular complexity index is 800. The van der Waals surface area contributed by atoms with Crippen LogP contribution in [0.15, 0.2) is 36.4 Å². The van der Waals surface area contributed by atoms with Crippen molar-refractivity contribution in [3.63, 3.8) is 0 Å². The van der Waals surface area contributed by atoms with Crippen LogP contribution in [0.3, 0.4) is 0 Å². The Hall–Kier alpha value is -1.87. The van der Waals surface area contributed by atoms with E-state index in [1.807, 2.05) is 12.1 Å². The summed E-state index contributed by atoms with van der Waals surface area (Å²) in [6.07, 6.45) is 2.31. The van der Waals surface area contributed by atoms with Crippen LogP contribution in [0.25, 0.3) is 11.1 Å². The summed E-state index contributed by atoms with van der Waals surface area (Å²) in [5.41, 5.74) is 3.25. The minimum absolute atomic E-state index is 0.107. The van der Waals surface area contributed by atoms with Crippen molar-refractivity contribution < 1.29 is 14.2 Å². The molecule has 0 spiro atoms. The van der Waals surface area contributed by atoms with Crippen molar-refractivity contribution in [1.82, 2.24) is 0 Å². The smallest absolute Gasteiger partial charge is 0.131 e. The number of hydrogen-bond donors (Lipinski definition) is 1. The Morgan fingerprint density at radius 2 is 1.81 bits per heavy atom. The van der Waals surface area contributed by atoms with E-state index in [0.717, 1.165) is 30.4 Å². The Balaban J connectivity index is 2.12. The summed E-state index contributed by atoms with van der Waals surface area (Å²) in [5, 5.41) is 11.0. The van der Waals surface area contributed by atoms with Gasteiger partial charge in [0.25, 0.3) is 0 Å². The summed E-state index contributed by atoms with van der Waals surface area (Å²) in [6.45, 7) is 8.68. The highest BCUT2D eigenvalue weighted by Crippen LogP contribution is 2.55. The van der Waals surface area contributed by atoms with E-state index in [4.69, 9.17) is 4.74 Å². The van der Waals surface area contributed by atoms with Gasteiger partial charge in [0.15, 0.2) is 0 Å². The first-order chi connectivity index (χ1) is 12.1. The first kappa shape index (κ1) is 18.9. The number of halogens is 1. The van der Waals surface area contributed by atoms with Crippen molar-refractivity contribution >= 4 is 0 Å². The monoisotopic (exact) mass is 356 g/mol. The van der Waals surface area contributed by atoms with Crippen LogP contribution in [-0.4, -0.2) is 12.2 Å². The second-order valence-corrected chi connectivity index (χ2v) is 9.06. The largest absolute Gasteiger partial charge is 0.497 e. The van der Waals surface area contributed by atoms with E-state index in [-0.39, 0.29) is 16.6 Å². The lowest BCUT2D eigenvalue weighted by atomic mass is 9.83. The van der Waals surface area contributed by atoms with E-state index in [0.29, 0.717) is 11.3 Å². The molecule has 0 unspecified atom stereocenters. The van der Waals surface area contributed by atoms with Crippen LogP contribution in [0.2, 0.25) is 0 Å². The first-order valence-electron chi connectivity index (χ1n) is 9.28. The van der Waals surface area contributed by atoms with Crippen molar-refractivity contribution in [3.8, 4) is 16.9 Å². The molecule has 3 rings (SSSR count). The molecule has 26 heavy (non-hydrogen) atoms. The molecule has 0 heterocycles. The Morgan fingerprint density at radius 3 is 2.38 bits per heavy atom. The van der Waals surface area contributed by atoms with Crippen LogP contribution in [0, 0.1) is 16.6 Å². The van der Waals surface area contributed by atoms with Crippen LogP contribution in [0.4, 0.5) is 4.39 Å². The lowest BCUT2D eigenvalue weighted by Crippen LogP contribution is -2.14. The number of methoxy groups -OCH3 is 1. The zero-order chi connectivity index (χ0) is 19.1. The van der Waals surface area contributed by atoms with Crippen molar-refractivity contribution in [2.45, 2.75) is 53.1 Å². The first-order valence-corrected chi connectivity index (χ1v) is 9.28. The zero-order valence-corrected chi connectivity index (χ0v) is 16.4. The SMILES string of the molecule is COc1ccc(F)c(-c2ccc(CC(C)(C)C)cc2[C@H](O)C2(C)CC2)c1. The van der Waals surface area contributed by atoms with Crippen molar-refractivity contribution in [2.75, 3.05) is 7.11 Å². The van der Waals surface area contributed by atoms with Gasteiger partial charge in [-0.1, -0.05) is 45.9 Å². The second kappa shape index (κ2) is 6.70. The van der Waals surface area contributed by atoms with Crippen LogP contribution in [-0.2, 0) is 6.42 Å². The minimum Gasteiger partial charge on any atom is -0.497 e. The molecular formula is C23H29FO2. The highest BCUT2D eigenvalue weighted by atomic mass is 19.1. The fourth-order valence-electron chi connectivity index (χ4n) is 3.49. The van der Waals surface area contributed by atoms with Gasteiger partial charge >= 0.3 is 0 Å². The van der Waals surface area contributed by atoms with Crippen molar-refractivity contribution in [2.24, 2.45) is 10.8 Å². The van der Waals surface area contributed by atoms with E-state index in [1.165, 1.54) is 11.6 Å². The average molecular weight is 356 g/mol. The molecule has 3 heteroatoms. The molecule has 140 valence electrons. The van der Waals surface area contributed by atoms with E-state index in [9.17, 15) is 9.50 Å². The molecule has 1 aliphatic rings. The van der Waals surface area contributed by atoms with Crippen LogP contribution < -0.4 is 4.74 Å². The quantitative estimate of drug-likeness (QED) is 0.720. The maximum Gasteiger partial charge on any atom is 0.131 e. The lowest BCUT2D eigenvalue weighted by Gasteiger charge is -2.24. The summed E-state index contributed by atoms with van der Waals surface area (Å²) in [5.74, 6) is 0.307. The maximum absolute atomic E-state index is 14.6. The Morgan fingerprint density at radius 1 is 1.12 bits per heavy atom. The summed E-state index contributed by atoms with van der Waals surface area (Å²) in [6, 6.07) is 10.8. The molecule has 2 aromatic carbocycles. The molecule has 2 nitrogen and oxygen atoms in total. The normalized spacial score (nSPS) is 17.0. The number of rotatable bonds is 5. The number of hydrogen-bond acceptors (Lipinski definition) is 2. The van der Waals surface area contributed by atoms with E-state index in [2.05, 4.69) is 33.8 Å². The summed E-state index contributed by atoms with van der Waals surface area (Å²) < 4.78 is 19.9. The van der Waals surface area contributed by atoms with Crippen LogP contribution in [0.5, 0.6) is 5.75 Å². The summed E-state index contributed by atoms with van der Waals surface area (Å²) in [4.78, 5) is 0. The highest BCUT2D eigenvalue weighted by molar-refractivity contribution is 5.70. The fraction of sp³-hybridized carbons (Fsp3) is 0.478. The Labute approximate surface area is 156 Å². The molecule has 1 saturated carbocycles.